The van der Waals surface area contributed by atoms with E-state index < -0.39 is 0 Å². The van der Waals surface area contributed by atoms with Gasteiger partial charge in [0.25, 0.3) is 0 Å². The summed E-state index contributed by atoms with van der Waals surface area (Å²) >= 11 is 3.85. The number of fused-ring (bicyclic) bond motifs is 1. The van der Waals surface area contributed by atoms with E-state index in [2.05, 4.69) is 25.8 Å². The second-order valence-electron chi connectivity index (χ2n) is 6.63. The summed E-state index contributed by atoms with van der Waals surface area (Å²) in [6.07, 6.45) is 3.04. The lowest BCUT2D eigenvalue weighted by molar-refractivity contribution is -0.114. The molecule has 4 rings (SSSR count). The van der Waals surface area contributed by atoms with Gasteiger partial charge in [-0.05, 0) is 35.9 Å². The minimum absolute atomic E-state index is 0.151. The number of anilines is 2. The standard InChI is InChI=1S/C22H19N5O4S3/c1-30-15-9-7-13(11-16(15)31-2)8-10-18(28)24-21-26-27-22(34-21)32-12-19(29)25-20-23-14-5-3-4-6-17(14)33-20/h3-11H,12H2,1-2H3,(H,23,25,29)(H,24,26,28). The molecular weight excluding hydrogens is 494 g/mol. The van der Waals surface area contributed by atoms with Crippen molar-refractivity contribution in [1.82, 2.24) is 15.2 Å². The van der Waals surface area contributed by atoms with E-state index in [4.69, 9.17) is 9.47 Å². The van der Waals surface area contributed by atoms with Crippen LogP contribution >= 0.6 is 34.4 Å². The van der Waals surface area contributed by atoms with E-state index in [1.165, 1.54) is 40.5 Å². The number of amides is 2. The number of thioether (sulfide) groups is 1. The third kappa shape index (κ3) is 6.10. The van der Waals surface area contributed by atoms with Crippen molar-refractivity contribution in [3.8, 4) is 11.5 Å². The molecule has 4 aromatic rings. The van der Waals surface area contributed by atoms with Gasteiger partial charge in [0.15, 0.2) is 21.0 Å². The lowest BCUT2D eigenvalue weighted by Crippen LogP contribution is -2.13. The third-order valence-corrected chi connectivity index (χ3v) is 7.26. The van der Waals surface area contributed by atoms with Crippen molar-refractivity contribution in [3.05, 3.63) is 54.1 Å². The van der Waals surface area contributed by atoms with Gasteiger partial charge < -0.3 is 14.8 Å². The summed E-state index contributed by atoms with van der Waals surface area (Å²) in [5.41, 5.74) is 1.63. The average Bonchev–Trinajstić information content (AvgIpc) is 3.47. The molecule has 12 heteroatoms. The first-order valence-corrected chi connectivity index (χ1v) is 12.5. The van der Waals surface area contributed by atoms with Crippen LogP contribution in [0.2, 0.25) is 0 Å². The number of nitrogens with zero attached hydrogens (tertiary/aromatic N) is 3. The molecule has 2 amide bonds. The number of benzene rings is 2. The number of aromatic nitrogens is 3. The largest absolute Gasteiger partial charge is 0.493 e. The van der Waals surface area contributed by atoms with E-state index >= 15 is 0 Å². The Morgan fingerprint density at radius 1 is 1.00 bits per heavy atom. The topological polar surface area (TPSA) is 115 Å². The molecule has 0 aliphatic rings. The molecule has 2 aromatic carbocycles. The van der Waals surface area contributed by atoms with Crippen molar-refractivity contribution in [1.29, 1.82) is 0 Å². The van der Waals surface area contributed by atoms with Crippen LogP contribution in [0.1, 0.15) is 5.56 Å². The third-order valence-electron chi connectivity index (χ3n) is 4.34. The smallest absolute Gasteiger partial charge is 0.250 e. The minimum Gasteiger partial charge on any atom is -0.493 e. The molecule has 0 bridgehead atoms. The molecule has 34 heavy (non-hydrogen) atoms. The fourth-order valence-corrected chi connectivity index (χ4v) is 5.24. The predicted molar refractivity (Wildman–Crippen MR) is 136 cm³/mol. The number of nitrogens with one attached hydrogen (secondary N) is 2. The van der Waals surface area contributed by atoms with Gasteiger partial charge in [-0.2, -0.15) is 0 Å². The number of hydrogen-bond donors (Lipinski definition) is 2. The number of rotatable bonds is 9. The van der Waals surface area contributed by atoms with Crippen LogP contribution in [0.25, 0.3) is 16.3 Å². The summed E-state index contributed by atoms with van der Waals surface area (Å²) < 4.78 is 12.0. The van der Waals surface area contributed by atoms with Crippen LogP contribution in [-0.4, -0.2) is 47.0 Å². The zero-order chi connectivity index (χ0) is 23.9. The first-order valence-electron chi connectivity index (χ1n) is 9.87. The van der Waals surface area contributed by atoms with Crippen molar-refractivity contribution in [2.75, 3.05) is 30.6 Å². The monoisotopic (exact) mass is 513 g/mol. The van der Waals surface area contributed by atoms with E-state index in [0.29, 0.717) is 26.1 Å². The number of ether oxygens (including phenoxy) is 2. The lowest BCUT2D eigenvalue weighted by atomic mass is 10.2. The Balaban J connectivity index is 1.27. The van der Waals surface area contributed by atoms with Gasteiger partial charge in [0.1, 0.15) is 0 Å². The van der Waals surface area contributed by atoms with Crippen LogP contribution in [0.15, 0.2) is 52.9 Å². The predicted octanol–water partition coefficient (Wildman–Crippen LogP) is 4.55. The quantitative estimate of drug-likeness (QED) is 0.190. The van der Waals surface area contributed by atoms with E-state index in [9.17, 15) is 9.59 Å². The number of para-hydroxylation sites is 1. The molecular formula is C22H19N5O4S3. The van der Waals surface area contributed by atoms with Gasteiger partial charge in [-0.1, -0.05) is 52.6 Å². The summed E-state index contributed by atoms with van der Waals surface area (Å²) in [4.78, 5) is 28.9. The highest BCUT2D eigenvalue weighted by atomic mass is 32.2. The maximum Gasteiger partial charge on any atom is 0.250 e. The molecule has 0 unspecified atom stereocenters. The number of thiazole rings is 1. The number of carbonyl (C=O) groups excluding carboxylic acids is 2. The fourth-order valence-electron chi connectivity index (χ4n) is 2.80. The van der Waals surface area contributed by atoms with Gasteiger partial charge in [-0.15, -0.1) is 10.2 Å². The Kier molecular flexibility index (Phi) is 7.72. The Morgan fingerprint density at radius 3 is 2.62 bits per heavy atom. The highest BCUT2D eigenvalue weighted by molar-refractivity contribution is 8.01. The fraction of sp³-hybridized carbons (Fsp3) is 0.136. The lowest BCUT2D eigenvalue weighted by Gasteiger charge is -2.07. The molecule has 0 saturated carbocycles. The molecule has 2 N–H and O–H groups in total. The normalized spacial score (nSPS) is 11.0. The van der Waals surface area contributed by atoms with Gasteiger partial charge in [0, 0.05) is 6.08 Å². The minimum atomic E-state index is -0.351. The number of methoxy groups -OCH3 is 2. The molecule has 0 saturated heterocycles. The Hall–Kier alpha value is -3.48. The molecule has 2 aromatic heterocycles. The summed E-state index contributed by atoms with van der Waals surface area (Å²) in [7, 11) is 3.11. The number of carbonyl (C=O) groups is 2. The molecule has 0 aliphatic heterocycles. The summed E-state index contributed by atoms with van der Waals surface area (Å²) in [5.74, 6) is 0.788. The van der Waals surface area contributed by atoms with Crippen molar-refractivity contribution in [2.24, 2.45) is 0 Å². The Bertz CT molecular complexity index is 1320. The highest BCUT2D eigenvalue weighted by Crippen LogP contribution is 2.29. The van der Waals surface area contributed by atoms with Crippen LogP contribution in [0.4, 0.5) is 10.3 Å². The second-order valence-corrected chi connectivity index (χ2v) is 9.86. The first-order chi connectivity index (χ1) is 16.5. The molecule has 174 valence electrons. The summed E-state index contributed by atoms with van der Waals surface area (Å²) in [5, 5.41) is 14.3. The van der Waals surface area contributed by atoms with Gasteiger partial charge in [0.05, 0.1) is 30.2 Å². The zero-order valence-electron chi connectivity index (χ0n) is 18.1. The number of hydrogen-bond acceptors (Lipinski definition) is 10. The molecule has 9 nitrogen and oxygen atoms in total. The average molecular weight is 514 g/mol. The van der Waals surface area contributed by atoms with Crippen LogP contribution < -0.4 is 20.1 Å². The Morgan fingerprint density at radius 2 is 1.82 bits per heavy atom. The summed E-state index contributed by atoms with van der Waals surface area (Å²) in [6, 6.07) is 13.0. The molecule has 0 aliphatic carbocycles. The van der Waals surface area contributed by atoms with Crippen LogP contribution in [0.3, 0.4) is 0 Å². The van der Waals surface area contributed by atoms with E-state index in [1.807, 2.05) is 30.3 Å². The van der Waals surface area contributed by atoms with Crippen LogP contribution in [-0.2, 0) is 9.59 Å². The Labute approximate surface area is 207 Å². The van der Waals surface area contributed by atoms with Crippen molar-refractivity contribution < 1.29 is 19.1 Å². The van der Waals surface area contributed by atoms with Crippen molar-refractivity contribution in [3.63, 3.8) is 0 Å². The van der Waals surface area contributed by atoms with Crippen molar-refractivity contribution >= 4 is 72.8 Å². The highest BCUT2D eigenvalue weighted by Gasteiger charge is 2.12. The second kappa shape index (κ2) is 11.1. The van der Waals surface area contributed by atoms with Crippen LogP contribution in [0.5, 0.6) is 11.5 Å². The van der Waals surface area contributed by atoms with Gasteiger partial charge in [0.2, 0.25) is 16.9 Å². The van der Waals surface area contributed by atoms with E-state index in [-0.39, 0.29) is 17.6 Å². The van der Waals surface area contributed by atoms with E-state index in [0.717, 1.165) is 15.8 Å². The maximum absolute atomic E-state index is 12.2. The summed E-state index contributed by atoms with van der Waals surface area (Å²) in [6.45, 7) is 0. The molecule has 2 heterocycles. The van der Waals surface area contributed by atoms with Gasteiger partial charge in [-0.3, -0.25) is 14.9 Å². The first kappa shape index (κ1) is 23.7. The van der Waals surface area contributed by atoms with Crippen molar-refractivity contribution in [2.45, 2.75) is 4.34 Å². The van der Waals surface area contributed by atoms with Gasteiger partial charge >= 0.3 is 0 Å². The maximum atomic E-state index is 12.2. The van der Waals surface area contributed by atoms with E-state index in [1.54, 1.807) is 32.4 Å². The SMILES string of the molecule is COc1ccc(C=CC(=O)Nc2nnc(SCC(=O)Nc3nc4ccccc4s3)s2)cc1OC. The van der Waals surface area contributed by atoms with Gasteiger partial charge in [-0.25, -0.2) is 4.98 Å². The molecule has 0 spiro atoms. The molecule has 0 atom stereocenters. The van der Waals surface area contributed by atoms with Crippen LogP contribution in [0, 0.1) is 0 Å². The molecule has 0 fully saturated rings. The zero-order valence-corrected chi connectivity index (χ0v) is 20.6. The molecule has 0 radical (unpaired) electrons.